The lowest BCUT2D eigenvalue weighted by Gasteiger charge is -2.23. The van der Waals surface area contributed by atoms with E-state index in [2.05, 4.69) is 5.32 Å². The van der Waals surface area contributed by atoms with Gasteiger partial charge in [-0.3, -0.25) is 10.1 Å². The van der Waals surface area contributed by atoms with E-state index in [9.17, 15) is 18.0 Å². The van der Waals surface area contributed by atoms with E-state index < -0.39 is 12.6 Å². The Balaban J connectivity index is 2.01. The Hall–Kier alpha value is -1.08. The van der Waals surface area contributed by atoms with Crippen molar-refractivity contribution >= 4 is 17.2 Å². The number of nitrogens with one attached hydrogen (secondary N) is 1. The average Bonchev–Trinajstić information content (AvgIpc) is 2.90. The quantitative estimate of drug-likeness (QED) is 0.925. The first-order chi connectivity index (χ1) is 8.88. The first-order valence-corrected chi connectivity index (χ1v) is 6.98. The molecule has 2 rings (SSSR count). The molecule has 0 aromatic carbocycles. The monoisotopic (exact) mass is 292 g/mol. The molecule has 2 heterocycles. The molecule has 0 aliphatic carbocycles. The van der Waals surface area contributed by atoms with Gasteiger partial charge in [-0.1, -0.05) is 0 Å². The minimum atomic E-state index is -4.17. The lowest BCUT2D eigenvalue weighted by molar-refractivity contribution is -0.140. The minimum absolute atomic E-state index is 0.0652. The SMILES string of the molecule is CC1NC(c2ccsc2)N(CCCC(F)(F)F)C1=O. The van der Waals surface area contributed by atoms with Crippen LogP contribution in [0.2, 0.25) is 0 Å². The second kappa shape index (κ2) is 5.50. The number of amides is 1. The number of halogens is 3. The van der Waals surface area contributed by atoms with Gasteiger partial charge in [-0.25, -0.2) is 0 Å². The molecule has 1 aromatic heterocycles. The van der Waals surface area contributed by atoms with Crippen molar-refractivity contribution in [3.8, 4) is 0 Å². The molecule has 2 atom stereocenters. The van der Waals surface area contributed by atoms with Crippen LogP contribution in [-0.4, -0.2) is 29.6 Å². The fourth-order valence-electron chi connectivity index (χ4n) is 2.17. The van der Waals surface area contributed by atoms with Crippen molar-refractivity contribution in [2.45, 2.75) is 38.1 Å². The topological polar surface area (TPSA) is 32.3 Å². The predicted octanol–water partition coefficient (Wildman–Crippen LogP) is 2.91. The maximum Gasteiger partial charge on any atom is 0.389 e. The zero-order valence-corrected chi connectivity index (χ0v) is 11.2. The van der Waals surface area contributed by atoms with Crippen LogP contribution in [0.5, 0.6) is 0 Å². The summed E-state index contributed by atoms with van der Waals surface area (Å²) in [6.45, 7) is 1.85. The smallest absolute Gasteiger partial charge is 0.322 e. The van der Waals surface area contributed by atoms with Gasteiger partial charge in [0.2, 0.25) is 5.91 Å². The Kier molecular flexibility index (Phi) is 4.15. The van der Waals surface area contributed by atoms with Crippen LogP contribution < -0.4 is 5.32 Å². The highest BCUT2D eigenvalue weighted by Gasteiger charge is 2.37. The lowest BCUT2D eigenvalue weighted by Crippen LogP contribution is -2.32. The van der Waals surface area contributed by atoms with Crippen molar-refractivity contribution in [1.29, 1.82) is 0 Å². The first kappa shape index (κ1) is 14.3. The number of nitrogens with zero attached hydrogens (tertiary/aromatic N) is 1. The van der Waals surface area contributed by atoms with E-state index >= 15 is 0 Å². The van der Waals surface area contributed by atoms with Crippen molar-refractivity contribution in [2.24, 2.45) is 0 Å². The Labute approximate surface area is 113 Å². The highest BCUT2D eigenvalue weighted by atomic mass is 32.1. The van der Waals surface area contributed by atoms with Gasteiger partial charge in [0.25, 0.3) is 0 Å². The second-order valence-corrected chi connectivity index (χ2v) is 5.38. The van der Waals surface area contributed by atoms with Crippen molar-refractivity contribution in [3.05, 3.63) is 22.4 Å². The van der Waals surface area contributed by atoms with Crippen molar-refractivity contribution in [2.75, 3.05) is 6.54 Å². The van der Waals surface area contributed by atoms with Gasteiger partial charge in [0.05, 0.1) is 6.04 Å². The highest BCUT2D eigenvalue weighted by molar-refractivity contribution is 7.07. The van der Waals surface area contributed by atoms with Crippen LogP contribution in [0.4, 0.5) is 13.2 Å². The molecule has 3 nitrogen and oxygen atoms in total. The van der Waals surface area contributed by atoms with Gasteiger partial charge >= 0.3 is 6.18 Å². The maximum absolute atomic E-state index is 12.2. The summed E-state index contributed by atoms with van der Waals surface area (Å²) in [5.74, 6) is -0.140. The van der Waals surface area contributed by atoms with Crippen molar-refractivity contribution in [1.82, 2.24) is 10.2 Å². The van der Waals surface area contributed by atoms with Gasteiger partial charge in [-0.2, -0.15) is 24.5 Å². The average molecular weight is 292 g/mol. The third-order valence-corrected chi connectivity index (χ3v) is 3.79. The standard InChI is InChI=1S/C12H15F3N2OS/c1-8-11(18)17(5-2-4-12(13,14)15)10(16-8)9-3-6-19-7-9/h3,6-8,10,16H,2,4-5H2,1H3. The Morgan fingerprint density at radius 1 is 1.47 bits per heavy atom. The molecule has 1 amide bonds. The molecule has 7 heteroatoms. The molecule has 1 saturated heterocycles. The van der Waals surface area contributed by atoms with Gasteiger partial charge in [-0.05, 0) is 35.7 Å². The third-order valence-electron chi connectivity index (χ3n) is 3.09. The van der Waals surface area contributed by atoms with Crippen LogP contribution >= 0.6 is 11.3 Å². The fourth-order valence-corrected chi connectivity index (χ4v) is 2.85. The molecule has 2 unspecified atom stereocenters. The highest BCUT2D eigenvalue weighted by Crippen LogP contribution is 2.28. The molecular formula is C12H15F3N2OS. The molecule has 0 radical (unpaired) electrons. The molecule has 1 aliphatic rings. The molecule has 1 aromatic rings. The van der Waals surface area contributed by atoms with Crippen LogP contribution in [0.25, 0.3) is 0 Å². The first-order valence-electron chi connectivity index (χ1n) is 6.04. The number of hydrogen-bond acceptors (Lipinski definition) is 3. The van der Waals surface area contributed by atoms with Crippen LogP contribution in [0.15, 0.2) is 16.8 Å². The van der Waals surface area contributed by atoms with Crippen LogP contribution in [0, 0.1) is 0 Å². The number of rotatable bonds is 4. The summed E-state index contributed by atoms with van der Waals surface area (Å²) in [5, 5.41) is 6.90. The van der Waals surface area contributed by atoms with E-state index in [4.69, 9.17) is 0 Å². The molecule has 1 aliphatic heterocycles. The summed E-state index contributed by atoms with van der Waals surface area (Å²) in [5.41, 5.74) is 0.926. The lowest BCUT2D eigenvalue weighted by atomic mass is 10.2. The minimum Gasteiger partial charge on any atom is -0.322 e. The van der Waals surface area contributed by atoms with Crippen molar-refractivity contribution < 1.29 is 18.0 Å². The zero-order chi connectivity index (χ0) is 14.0. The summed E-state index contributed by atoms with van der Waals surface area (Å²) in [4.78, 5) is 13.5. The van der Waals surface area contributed by atoms with E-state index in [0.29, 0.717) is 0 Å². The van der Waals surface area contributed by atoms with E-state index in [-0.39, 0.29) is 31.1 Å². The molecule has 0 saturated carbocycles. The second-order valence-electron chi connectivity index (χ2n) is 4.60. The van der Waals surface area contributed by atoms with Crippen LogP contribution in [0.1, 0.15) is 31.5 Å². The number of carbonyl (C=O) groups excluding carboxylic acids is 1. The maximum atomic E-state index is 12.2. The molecule has 0 spiro atoms. The molecule has 1 fully saturated rings. The van der Waals surface area contributed by atoms with Gasteiger partial charge in [-0.15, -0.1) is 0 Å². The van der Waals surface area contributed by atoms with Crippen LogP contribution in [-0.2, 0) is 4.79 Å². The molecule has 1 N–H and O–H groups in total. The molecular weight excluding hydrogens is 277 g/mol. The number of hydrogen-bond donors (Lipinski definition) is 1. The van der Waals surface area contributed by atoms with Gasteiger partial charge in [0.1, 0.15) is 6.17 Å². The Bertz CT molecular complexity index is 433. The normalized spacial score (nSPS) is 24.2. The third kappa shape index (κ3) is 3.48. The Morgan fingerprint density at radius 3 is 2.79 bits per heavy atom. The molecule has 19 heavy (non-hydrogen) atoms. The van der Waals surface area contributed by atoms with E-state index in [1.165, 1.54) is 16.2 Å². The van der Waals surface area contributed by atoms with E-state index in [1.807, 2.05) is 16.8 Å². The number of thiophene rings is 1. The Morgan fingerprint density at radius 2 is 2.21 bits per heavy atom. The summed E-state index contributed by atoms with van der Waals surface area (Å²) < 4.78 is 36.5. The molecule has 0 bridgehead atoms. The summed E-state index contributed by atoms with van der Waals surface area (Å²) in [7, 11) is 0. The van der Waals surface area contributed by atoms with E-state index in [0.717, 1.165) is 5.56 Å². The van der Waals surface area contributed by atoms with Crippen LogP contribution in [0.3, 0.4) is 0 Å². The summed E-state index contributed by atoms with van der Waals surface area (Å²) in [6, 6.07) is 1.53. The number of alkyl halides is 3. The zero-order valence-electron chi connectivity index (χ0n) is 10.4. The van der Waals surface area contributed by atoms with Crippen molar-refractivity contribution in [3.63, 3.8) is 0 Å². The van der Waals surface area contributed by atoms with Gasteiger partial charge in [0.15, 0.2) is 0 Å². The van der Waals surface area contributed by atoms with E-state index in [1.54, 1.807) is 6.92 Å². The van der Waals surface area contributed by atoms with Gasteiger partial charge < -0.3 is 4.90 Å². The molecule has 106 valence electrons. The number of carbonyl (C=O) groups is 1. The summed E-state index contributed by atoms with van der Waals surface area (Å²) >= 11 is 1.50. The largest absolute Gasteiger partial charge is 0.389 e. The van der Waals surface area contributed by atoms with Gasteiger partial charge in [0, 0.05) is 13.0 Å². The summed E-state index contributed by atoms with van der Waals surface area (Å²) in [6.07, 6.45) is -5.40. The predicted molar refractivity (Wildman–Crippen MR) is 66.7 cm³/mol. The fraction of sp³-hybridized carbons (Fsp3) is 0.583.